The zero-order valence-corrected chi connectivity index (χ0v) is 12.8. The Morgan fingerprint density at radius 2 is 1.90 bits per heavy atom. The van der Waals surface area contributed by atoms with E-state index in [9.17, 15) is 14.4 Å². The van der Waals surface area contributed by atoms with Crippen molar-refractivity contribution in [3.05, 3.63) is 0 Å². The molecule has 8 nitrogen and oxygen atoms in total. The molecule has 0 aliphatic heterocycles. The van der Waals surface area contributed by atoms with Gasteiger partial charge in [-0.15, -0.1) is 0 Å². The highest BCUT2D eigenvalue weighted by atomic mass is 16.5. The normalized spacial score (nSPS) is 10.3. The molecule has 3 amide bonds. The van der Waals surface area contributed by atoms with Gasteiger partial charge in [0.25, 0.3) is 0 Å². The summed E-state index contributed by atoms with van der Waals surface area (Å²) in [6.45, 7) is 4.74. The van der Waals surface area contributed by atoms with Crippen LogP contribution in [0.2, 0.25) is 0 Å². The molecule has 0 aromatic carbocycles. The predicted octanol–water partition coefficient (Wildman–Crippen LogP) is -0.109. The molecule has 0 spiro atoms. The highest BCUT2D eigenvalue weighted by Crippen LogP contribution is 1.92. The van der Waals surface area contributed by atoms with Crippen molar-refractivity contribution in [2.24, 2.45) is 5.92 Å². The number of amides is 3. The van der Waals surface area contributed by atoms with Gasteiger partial charge >= 0.3 is 12.0 Å². The third-order valence-corrected chi connectivity index (χ3v) is 2.51. The highest BCUT2D eigenvalue weighted by Gasteiger charge is 2.16. The van der Waals surface area contributed by atoms with Gasteiger partial charge in [0.15, 0.2) is 0 Å². The van der Waals surface area contributed by atoms with Gasteiger partial charge in [0.05, 0.1) is 6.61 Å². The molecule has 0 bridgehead atoms. The maximum Gasteiger partial charge on any atom is 0.323 e. The van der Waals surface area contributed by atoms with Crippen LogP contribution in [0.4, 0.5) is 4.79 Å². The Morgan fingerprint density at radius 3 is 2.43 bits per heavy atom. The molecule has 0 heterocycles. The Labute approximate surface area is 124 Å². The van der Waals surface area contributed by atoms with Crippen molar-refractivity contribution in [1.82, 2.24) is 15.5 Å². The molecule has 0 unspecified atom stereocenters. The second-order valence-corrected chi connectivity index (χ2v) is 4.99. The standard InChI is InChI=1S/C13H25N3O5/c1-10(2)8-15-11(17)4-5-14-13(20)16(6-7-21-3)9-12(18)19/h10H,4-9H2,1-3H3,(H,14,20)(H,15,17)(H,18,19). The van der Waals surface area contributed by atoms with Crippen molar-refractivity contribution in [3.8, 4) is 0 Å². The van der Waals surface area contributed by atoms with Gasteiger partial charge in [-0.3, -0.25) is 9.59 Å². The number of rotatable bonds is 10. The number of aliphatic carboxylic acids is 1. The number of methoxy groups -OCH3 is 1. The number of hydrogen-bond acceptors (Lipinski definition) is 4. The molecule has 0 aromatic rings. The lowest BCUT2D eigenvalue weighted by atomic mass is 10.2. The average molecular weight is 303 g/mol. The Hall–Kier alpha value is -1.83. The third kappa shape index (κ3) is 10.6. The summed E-state index contributed by atoms with van der Waals surface area (Å²) in [6.07, 6.45) is 0.156. The Morgan fingerprint density at radius 1 is 1.24 bits per heavy atom. The molecule has 0 fully saturated rings. The zero-order chi connectivity index (χ0) is 16.3. The van der Waals surface area contributed by atoms with Crippen LogP contribution in [-0.4, -0.2) is 67.8 Å². The van der Waals surface area contributed by atoms with E-state index in [4.69, 9.17) is 9.84 Å². The number of hydrogen-bond donors (Lipinski definition) is 3. The van der Waals surface area contributed by atoms with Gasteiger partial charge in [0, 0.05) is 33.2 Å². The second kappa shape index (κ2) is 10.9. The van der Waals surface area contributed by atoms with Crippen molar-refractivity contribution >= 4 is 17.9 Å². The van der Waals surface area contributed by atoms with Crippen LogP contribution in [0.15, 0.2) is 0 Å². The molecule has 0 rings (SSSR count). The maximum absolute atomic E-state index is 11.8. The zero-order valence-electron chi connectivity index (χ0n) is 12.8. The van der Waals surface area contributed by atoms with Gasteiger partial charge in [0.2, 0.25) is 5.91 Å². The first-order valence-corrected chi connectivity index (χ1v) is 6.87. The molecule has 8 heteroatoms. The fourth-order valence-corrected chi connectivity index (χ4v) is 1.42. The van der Waals surface area contributed by atoms with Gasteiger partial charge in [-0.25, -0.2) is 4.79 Å². The summed E-state index contributed by atoms with van der Waals surface area (Å²) in [6, 6.07) is -0.522. The number of carbonyl (C=O) groups is 3. The molecule has 0 aromatic heterocycles. The number of ether oxygens (including phenoxy) is 1. The molecule has 0 atom stereocenters. The SMILES string of the molecule is COCCN(CC(=O)O)C(=O)NCCC(=O)NCC(C)C. The van der Waals surface area contributed by atoms with Crippen LogP contribution in [-0.2, 0) is 14.3 Å². The van der Waals surface area contributed by atoms with Crippen LogP contribution in [0.25, 0.3) is 0 Å². The van der Waals surface area contributed by atoms with Crippen LogP contribution in [0.1, 0.15) is 20.3 Å². The van der Waals surface area contributed by atoms with E-state index in [1.807, 2.05) is 13.8 Å². The summed E-state index contributed by atoms with van der Waals surface area (Å²) < 4.78 is 4.82. The minimum atomic E-state index is -1.10. The first kappa shape index (κ1) is 19.2. The lowest BCUT2D eigenvalue weighted by Gasteiger charge is -2.20. The highest BCUT2D eigenvalue weighted by molar-refractivity contribution is 5.81. The van der Waals surface area contributed by atoms with Crippen LogP contribution in [0.5, 0.6) is 0 Å². The van der Waals surface area contributed by atoms with Crippen LogP contribution in [0.3, 0.4) is 0 Å². The fourth-order valence-electron chi connectivity index (χ4n) is 1.42. The van der Waals surface area contributed by atoms with Gasteiger partial charge < -0.3 is 25.4 Å². The lowest BCUT2D eigenvalue weighted by molar-refractivity contribution is -0.137. The Kier molecular flexibility index (Phi) is 9.95. The van der Waals surface area contributed by atoms with Crippen LogP contribution in [0, 0.1) is 5.92 Å². The van der Waals surface area contributed by atoms with Gasteiger partial charge in [-0.2, -0.15) is 0 Å². The van der Waals surface area contributed by atoms with Gasteiger partial charge in [0.1, 0.15) is 6.54 Å². The third-order valence-electron chi connectivity index (χ3n) is 2.51. The molecule has 0 aliphatic carbocycles. The van der Waals surface area contributed by atoms with E-state index in [-0.39, 0.29) is 32.0 Å². The van der Waals surface area contributed by atoms with E-state index in [0.29, 0.717) is 12.5 Å². The summed E-state index contributed by atoms with van der Waals surface area (Å²) in [5.74, 6) is -0.884. The number of nitrogens with zero attached hydrogens (tertiary/aromatic N) is 1. The molecule has 0 saturated heterocycles. The van der Waals surface area contributed by atoms with E-state index in [2.05, 4.69) is 10.6 Å². The molecule has 21 heavy (non-hydrogen) atoms. The summed E-state index contributed by atoms with van der Waals surface area (Å²) in [4.78, 5) is 35.1. The smallest absolute Gasteiger partial charge is 0.323 e. The van der Waals surface area contributed by atoms with E-state index >= 15 is 0 Å². The number of urea groups is 1. The molecule has 0 aliphatic rings. The minimum absolute atomic E-state index is 0.148. The van der Waals surface area contributed by atoms with Crippen molar-refractivity contribution in [1.29, 1.82) is 0 Å². The van der Waals surface area contributed by atoms with E-state index < -0.39 is 18.5 Å². The minimum Gasteiger partial charge on any atom is -0.480 e. The molecular weight excluding hydrogens is 278 g/mol. The van der Waals surface area contributed by atoms with Crippen molar-refractivity contribution in [2.75, 3.05) is 39.9 Å². The Balaban J connectivity index is 4.06. The molecule has 0 radical (unpaired) electrons. The van der Waals surface area contributed by atoms with Crippen LogP contribution < -0.4 is 10.6 Å². The number of carbonyl (C=O) groups excluding carboxylic acids is 2. The predicted molar refractivity (Wildman–Crippen MR) is 76.9 cm³/mol. The molecule has 3 N–H and O–H groups in total. The number of carboxylic acid groups (broad SMARTS) is 1. The fraction of sp³-hybridized carbons (Fsp3) is 0.769. The molecule has 122 valence electrons. The quantitative estimate of drug-likeness (QED) is 0.522. The average Bonchev–Trinajstić information content (AvgIpc) is 2.40. The van der Waals surface area contributed by atoms with E-state index in [1.54, 1.807) is 0 Å². The van der Waals surface area contributed by atoms with Crippen LogP contribution >= 0.6 is 0 Å². The largest absolute Gasteiger partial charge is 0.480 e. The van der Waals surface area contributed by atoms with Gasteiger partial charge in [-0.05, 0) is 5.92 Å². The maximum atomic E-state index is 11.8. The first-order chi connectivity index (χ1) is 9.86. The number of carboxylic acids is 1. The number of nitrogens with one attached hydrogen (secondary N) is 2. The van der Waals surface area contributed by atoms with Crippen molar-refractivity contribution < 1.29 is 24.2 Å². The summed E-state index contributed by atoms with van der Waals surface area (Å²) in [5.41, 5.74) is 0. The second-order valence-electron chi connectivity index (χ2n) is 4.99. The first-order valence-electron chi connectivity index (χ1n) is 6.87. The van der Waals surface area contributed by atoms with E-state index in [1.165, 1.54) is 7.11 Å². The van der Waals surface area contributed by atoms with E-state index in [0.717, 1.165) is 4.90 Å². The lowest BCUT2D eigenvalue weighted by Crippen LogP contribution is -2.45. The topological polar surface area (TPSA) is 108 Å². The van der Waals surface area contributed by atoms with Gasteiger partial charge in [-0.1, -0.05) is 13.8 Å². The summed E-state index contributed by atoms with van der Waals surface area (Å²) in [5, 5.41) is 14.0. The summed E-state index contributed by atoms with van der Waals surface area (Å²) >= 11 is 0. The van der Waals surface area contributed by atoms with Crippen molar-refractivity contribution in [2.45, 2.75) is 20.3 Å². The molecule has 0 saturated carbocycles. The monoisotopic (exact) mass is 303 g/mol. The molecular formula is C13H25N3O5. The Bertz CT molecular complexity index is 347. The summed E-state index contributed by atoms with van der Waals surface area (Å²) in [7, 11) is 1.47. The van der Waals surface area contributed by atoms with Crippen molar-refractivity contribution in [3.63, 3.8) is 0 Å².